The van der Waals surface area contributed by atoms with Gasteiger partial charge in [-0.05, 0) is 47.4 Å². The summed E-state index contributed by atoms with van der Waals surface area (Å²) in [7, 11) is 0. The van der Waals surface area contributed by atoms with E-state index in [1.165, 1.54) is 43.2 Å². The fourth-order valence-corrected chi connectivity index (χ4v) is 3.56. The highest BCUT2D eigenvalue weighted by molar-refractivity contribution is 6.06. The molecule has 3 aromatic carbocycles. The lowest BCUT2D eigenvalue weighted by Gasteiger charge is -2.08. The van der Waals surface area contributed by atoms with Crippen LogP contribution in [0.4, 0.5) is 0 Å². The smallest absolute Gasteiger partial charge is 0.185 e. The molecule has 0 heterocycles. The van der Waals surface area contributed by atoms with Crippen molar-refractivity contribution in [2.45, 2.75) is 106 Å². The Morgan fingerprint density at radius 3 is 1.47 bits per heavy atom. The fraction of sp³-hybridized carbons (Fsp3) is 0.432. The average molecular weight is 515 g/mol. The zero-order valence-corrected chi connectivity index (χ0v) is 25.5. The molecule has 208 valence electrons. The van der Waals surface area contributed by atoms with Gasteiger partial charge in [-0.2, -0.15) is 0 Å². The van der Waals surface area contributed by atoms with E-state index in [4.69, 9.17) is 0 Å². The predicted molar refractivity (Wildman–Crippen MR) is 171 cm³/mol. The second-order valence-corrected chi connectivity index (χ2v) is 9.47. The van der Waals surface area contributed by atoms with Crippen LogP contribution in [0.3, 0.4) is 0 Å². The van der Waals surface area contributed by atoms with Crippen LogP contribution in [0.5, 0.6) is 0 Å². The Kier molecular flexibility index (Phi) is 21.4. The molecule has 0 N–H and O–H groups in total. The van der Waals surface area contributed by atoms with Gasteiger partial charge < -0.3 is 0 Å². The highest BCUT2D eigenvalue weighted by Crippen LogP contribution is 2.19. The molecule has 0 saturated carbocycles. The van der Waals surface area contributed by atoms with Crippen molar-refractivity contribution >= 4 is 11.9 Å². The second-order valence-electron chi connectivity index (χ2n) is 9.47. The van der Waals surface area contributed by atoms with E-state index in [0.29, 0.717) is 11.8 Å². The Hall–Kier alpha value is -2.93. The number of ketones is 1. The molecule has 1 nitrogen and oxygen atoms in total. The van der Waals surface area contributed by atoms with Crippen molar-refractivity contribution in [3.63, 3.8) is 0 Å². The van der Waals surface area contributed by atoms with Crippen LogP contribution in [0.25, 0.3) is 6.08 Å². The van der Waals surface area contributed by atoms with Gasteiger partial charge >= 0.3 is 0 Å². The van der Waals surface area contributed by atoms with Gasteiger partial charge in [0.05, 0.1) is 0 Å². The molecule has 2 atom stereocenters. The summed E-state index contributed by atoms with van der Waals surface area (Å²) in [5, 5.41) is 0. The van der Waals surface area contributed by atoms with Crippen LogP contribution in [0.2, 0.25) is 0 Å². The molecular weight excluding hydrogens is 460 g/mol. The van der Waals surface area contributed by atoms with Crippen LogP contribution in [-0.4, -0.2) is 5.78 Å². The van der Waals surface area contributed by atoms with E-state index in [-0.39, 0.29) is 5.78 Å². The molecule has 0 aliphatic rings. The number of rotatable bonds is 10. The van der Waals surface area contributed by atoms with Gasteiger partial charge in [-0.25, -0.2) is 0 Å². The van der Waals surface area contributed by atoms with Gasteiger partial charge in [-0.1, -0.05) is 172 Å². The van der Waals surface area contributed by atoms with E-state index in [1.807, 2.05) is 62.4 Å². The monoisotopic (exact) mass is 514 g/mol. The lowest BCUT2D eigenvalue weighted by molar-refractivity contribution is 0.104. The van der Waals surface area contributed by atoms with Crippen LogP contribution in [0, 0.1) is 0 Å². The van der Waals surface area contributed by atoms with Crippen LogP contribution in [0.1, 0.15) is 133 Å². The van der Waals surface area contributed by atoms with Gasteiger partial charge in [0.15, 0.2) is 5.78 Å². The summed E-state index contributed by atoms with van der Waals surface area (Å²) < 4.78 is 0. The van der Waals surface area contributed by atoms with Crippen molar-refractivity contribution in [1.29, 1.82) is 0 Å². The summed E-state index contributed by atoms with van der Waals surface area (Å²) in [5.41, 5.74) is 4.52. The molecule has 0 aromatic heterocycles. The van der Waals surface area contributed by atoms with Crippen molar-refractivity contribution in [2.75, 3.05) is 0 Å². The Bertz CT molecular complexity index is 951. The van der Waals surface area contributed by atoms with Crippen molar-refractivity contribution in [2.24, 2.45) is 0 Å². The molecule has 3 rings (SSSR count). The summed E-state index contributed by atoms with van der Waals surface area (Å²) in [6.07, 6.45) is 11.4. The summed E-state index contributed by atoms with van der Waals surface area (Å²) in [4.78, 5) is 12.1. The maximum atomic E-state index is 12.1. The SMILES string of the molecule is CC.CCC(C)c1ccc(C(=O)C=Cc2ccccc2)cc1.CCC(C)c1ccccc1.CCCCCC. The van der Waals surface area contributed by atoms with Gasteiger partial charge in [-0.3, -0.25) is 4.79 Å². The Morgan fingerprint density at radius 2 is 1.05 bits per heavy atom. The number of carbonyl (C=O) groups is 1. The number of benzene rings is 3. The minimum absolute atomic E-state index is 0.0459. The van der Waals surface area contributed by atoms with E-state index >= 15 is 0 Å². The van der Waals surface area contributed by atoms with E-state index in [2.05, 4.69) is 84.0 Å². The number of hydrogen-bond donors (Lipinski definition) is 0. The van der Waals surface area contributed by atoms with Crippen molar-refractivity contribution in [3.8, 4) is 0 Å². The number of unbranched alkanes of at least 4 members (excludes halogenated alkanes) is 3. The summed E-state index contributed by atoms with van der Waals surface area (Å²) in [6, 6.07) is 28.4. The average Bonchev–Trinajstić information content (AvgIpc) is 3.00. The largest absolute Gasteiger partial charge is 0.289 e. The molecular formula is C37H54O. The van der Waals surface area contributed by atoms with E-state index < -0.39 is 0 Å². The lowest BCUT2D eigenvalue weighted by Crippen LogP contribution is -1.96. The van der Waals surface area contributed by atoms with Gasteiger partial charge in [-0.15, -0.1) is 0 Å². The highest BCUT2D eigenvalue weighted by atomic mass is 16.1. The first-order valence-corrected chi connectivity index (χ1v) is 14.9. The summed E-state index contributed by atoms with van der Waals surface area (Å²) in [5.74, 6) is 1.30. The molecule has 3 aromatic rings. The van der Waals surface area contributed by atoms with E-state index in [0.717, 1.165) is 17.5 Å². The zero-order valence-electron chi connectivity index (χ0n) is 25.5. The molecule has 0 aliphatic heterocycles. The topological polar surface area (TPSA) is 17.1 Å². The van der Waals surface area contributed by atoms with Crippen LogP contribution in [-0.2, 0) is 0 Å². The van der Waals surface area contributed by atoms with Gasteiger partial charge in [0, 0.05) is 5.56 Å². The molecule has 0 amide bonds. The minimum Gasteiger partial charge on any atom is -0.289 e. The van der Waals surface area contributed by atoms with E-state index in [1.54, 1.807) is 6.08 Å². The third-order valence-corrected chi connectivity index (χ3v) is 6.54. The molecule has 0 fully saturated rings. The third kappa shape index (κ3) is 15.4. The Labute approximate surface area is 235 Å². The standard InChI is InChI=1S/C19H20O.C10H14.C6H14.C2H6/c1-3-15(2)17-10-12-18(13-11-17)19(20)14-9-16-7-5-4-6-8-16;1-3-9(2)10-7-5-4-6-8-10;1-3-5-6-4-2;1-2/h4-15H,3H2,1-2H3;4-9H,3H2,1-2H3;3-6H2,1-2H3;1-2H3. The first-order valence-electron chi connectivity index (χ1n) is 14.9. The predicted octanol–water partition coefficient (Wildman–Crippen LogP) is 11.9. The maximum absolute atomic E-state index is 12.1. The zero-order chi connectivity index (χ0) is 28.6. The molecule has 0 radical (unpaired) electrons. The van der Waals surface area contributed by atoms with Gasteiger partial charge in [0.2, 0.25) is 0 Å². The maximum Gasteiger partial charge on any atom is 0.185 e. The summed E-state index contributed by atoms with van der Waals surface area (Å²) >= 11 is 0. The van der Waals surface area contributed by atoms with Crippen LogP contribution >= 0.6 is 0 Å². The first-order chi connectivity index (χ1) is 18.5. The van der Waals surface area contributed by atoms with E-state index in [9.17, 15) is 4.79 Å². The quantitative estimate of drug-likeness (QED) is 0.149. The summed E-state index contributed by atoms with van der Waals surface area (Å²) in [6.45, 7) is 17.3. The molecule has 1 heteroatoms. The second kappa shape index (κ2) is 23.2. The van der Waals surface area contributed by atoms with Crippen molar-refractivity contribution in [3.05, 3.63) is 113 Å². The molecule has 0 spiro atoms. The lowest BCUT2D eigenvalue weighted by atomic mass is 9.97. The van der Waals surface area contributed by atoms with Crippen molar-refractivity contribution < 1.29 is 4.79 Å². The molecule has 0 aliphatic carbocycles. The Morgan fingerprint density at radius 1 is 0.632 bits per heavy atom. The third-order valence-electron chi connectivity index (χ3n) is 6.54. The number of carbonyl (C=O) groups excluding carboxylic acids is 1. The molecule has 2 unspecified atom stereocenters. The first kappa shape index (κ1) is 35.1. The van der Waals surface area contributed by atoms with Crippen LogP contribution in [0.15, 0.2) is 91.0 Å². The fourth-order valence-electron chi connectivity index (χ4n) is 3.56. The number of hydrogen-bond acceptors (Lipinski definition) is 1. The molecule has 38 heavy (non-hydrogen) atoms. The van der Waals surface area contributed by atoms with Crippen LogP contribution < -0.4 is 0 Å². The van der Waals surface area contributed by atoms with Gasteiger partial charge in [0.1, 0.15) is 0 Å². The molecule has 0 saturated heterocycles. The minimum atomic E-state index is 0.0459. The molecule has 0 bridgehead atoms. The van der Waals surface area contributed by atoms with Crippen molar-refractivity contribution in [1.82, 2.24) is 0 Å². The normalized spacial score (nSPS) is 11.6. The number of allylic oxidation sites excluding steroid dienone is 1. The Balaban J connectivity index is 0.000000632. The van der Waals surface area contributed by atoms with Gasteiger partial charge in [0.25, 0.3) is 0 Å². The highest BCUT2D eigenvalue weighted by Gasteiger charge is 2.05.